The Morgan fingerprint density at radius 2 is 1.72 bits per heavy atom. The normalized spacial score (nSPS) is 18.1. The van der Waals surface area contributed by atoms with Crippen molar-refractivity contribution in [3.63, 3.8) is 0 Å². The lowest BCUT2D eigenvalue weighted by molar-refractivity contribution is 0.108. The van der Waals surface area contributed by atoms with Gasteiger partial charge in [0, 0.05) is 40.3 Å². The van der Waals surface area contributed by atoms with Crippen LogP contribution in [0.2, 0.25) is 0 Å². The number of nitrogens with zero attached hydrogens (tertiary/aromatic N) is 3. The van der Waals surface area contributed by atoms with Crippen molar-refractivity contribution < 1.29 is 13.2 Å². The molecule has 2 amide bonds. The van der Waals surface area contributed by atoms with E-state index in [0.717, 1.165) is 18.7 Å². The Morgan fingerprint density at radius 1 is 1.07 bits per heavy atom. The summed E-state index contributed by atoms with van der Waals surface area (Å²) in [5, 5.41) is 2.92. The molecule has 1 heterocycles. The second-order valence-corrected chi connectivity index (χ2v) is 9.56. The summed E-state index contributed by atoms with van der Waals surface area (Å²) >= 11 is 0. The average molecular weight is 417 g/mol. The van der Waals surface area contributed by atoms with Gasteiger partial charge in [0.1, 0.15) is 0 Å². The summed E-state index contributed by atoms with van der Waals surface area (Å²) in [4.78, 5) is 17.2. The number of hydrogen-bond acceptors (Lipinski definition) is 4. The van der Waals surface area contributed by atoms with Crippen LogP contribution in [0.5, 0.6) is 0 Å². The number of benzene rings is 2. The minimum atomic E-state index is -3.58. The van der Waals surface area contributed by atoms with Crippen LogP contribution in [0, 0.1) is 0 Å². The topological polar surface area (TPSA) is 73.0 Å². The lowest BCUT2D eigenvalue weighted by Crippen LogP contribution is -2.52. The molecule has 3 rings (SSSR count). The number of rotatable bonds is 5. The maximum Gasteiger partial charge on any atom is 0.318 e. The zero-order valence-electron chi connectivity index (χ0n) is 17.1. The number of sulfonamides is 1. The molecule has 156 valence electrons. The molecule has 1 saturated heterocycles. The zero-order chi connectivity index (χ0) is 21.0. The molecule has 0 aromatic heterocycles. The van der Waals surface area contributed by atoms with E-state index in [0.29, 0.717) is 12.1 Å². The average Bonchev–Trinajstić information content (AvgIpc) is 2.72. The van der Waals surface area contributed by atoms with E-state index in [-0.39, 0.29) is 23.5 Å². The lowest BCUT2D eigenvalue weighted by Gasteiger charge is -2.40. The summed E-state index contributed by atoms with van der Waals surface area (Å²) in [5.41, 5.74) is 1.66. The number of carbonyl (C=O) groups is 1. The molecule has 1 fully saturated rings. The number of piperazine rings is 1. The first-order valence-electron chi connectivity index (χ1n) is 9.59. The highest BCUT2D eigenvalue weighted by molar-refractivity contribution is 7.89. The number of amides is 2. The number of urea groups is 1. The Hall–Kier alpha value is -2.42. The molecule has 0 spiro atoms. The van der Waals surface area contributed by atoms with Gasteiger partial charge in [-0.25, -0.2) is 17.5 Å². The molecule has 1 aliphatic heterocycles. The summed E-state index contributed by atoms with van der Waals surface area (Å²) < 4.78 is 26.3. The highest BCUT2D eigenvalue weighted by Crippen LogP contribution is 2.25. The van der Waals surface area contributed by atoms with E-state index >= 15 is 0 Å². The van der Waals surface area contributed by atoms with Gasteiger partial charge in [-0.1, -0.05) is 48.5 Å². The summed E-state index contributed by atoms with van der Waals surface area (Å²) in [6.45, 7) is 2.31. The fourth-order valence-corrected chi connectivity index (χ4v) is 4.61. The second-order valence-electron chi connectivity index (χ2n) is 7.44. The first-order chi connectivity index (χ1) is 13.8. The summed E-state index contributed by atoms with van der Waals surface area (Å²) in [6, 6.07) is 16.5. The van der Waals surface area contributed by atoms with Crippen molar-refractivity contribution in [2.24, 2.45) is 0 Å². The van der Waals surface area contributed by atoms with Gasteiger partial charge >= 0.3 is 6.03 Å². The first-order valence-corrected chi connectivity index (χ1v) is 11.0. The van der Waals surface area contributed by atoms with Gasteiger partial charge < -0.3 is 15.1 Å². The highest BCUT2D eigenvalue weighted by atomic mass is 32.2. The van der Waals surface area contributed by atoms with Gasteiger partial charge in [-0.3, -0.25) is 0 Å². The molecule has 1 N–H and O–H groups in total. The molecule has 1 unspecified atom stereocenters. The molecule has 2 aromatic carbocycles. The number of likely N-dealkylation sites (N-methyl/N-ethyl adjacent to an activating group) is 1. The molecule has 0 radical (unpaired) electrons. The molecule has 29 heavy (non-hydrogen) atoms. The van der Waals surface area contributed by atoms with E-state index in [1.165, 1.54) is 18.4 Å². The van der Waals surface area contributed by atoms with Gasteiger partial charge in [-0.05, 0) is 24.2 Å². The van der Waals surface area contributed by atoms with E-state index < -0.39 is 10.0 Å². The predicted octanol–water partition coefficient (Wildman–Crippen LogP) is 2.14. The van der Waals surface area contributed by atoms with E-state index in [1.807, 2.05) is 42.3 Å². The third-order valence-corrected chi connectivity index (χ3v) is 7.11. The molecule has 1 aliphatic rings. The lowest BCUT2D eigenvalue weighted by atomic mass is 10.0. The summed E-state index contributed by atoms with van der Waals surface area (Å²) in [7, 11) is 1.47. The number of hydrogen-bond donors (Lipinski definition) is 1. The molecular weight excluding hydrogens is 388 g/mol. The summed E-state index contributed by atoms with van der Waals surface area (Å²) in [5.74, 6) is 0. The van der Waals surface area contributed by atoms with Crippen LogP contribution >= 0.6 is 0 Å². The van der Waals surface area contributed by atoms with Crippen molar-refractivity contribution >= 4 is 16.1 Å². The van der Waals surface area contributed by atoms with E-state index in [2.05, 4.69) is 10.2 Å². The van der Waals surface area contributed by atoms with Crippen LogP contribution in [-0.4, -0.2) is 69.3 Å². The molecule has 7 nitrogen and oxygen atoms in total. The minimum absolute atomic E-state index is 0.0456. The summed E-state index contributed by atoms with van der Waals surface area (Å²) in [6.07, 6.45) is 0. The maximum absolute atomic E-state index is 13.0. The van der Waals surface area contributed by atoms with Crippen molar-refractivity contribution in [2.75, 3.05) is 40.8 Å². The molecule has 0 bridgehead atoms. The standard InChI is InChI=1S/C21H28N4O3S/c1-23(2)29(27,28)20-12-8-7-11-18(20)15-22-21(26)25-14-13-24(3)16-19(25)17-9-5-4-6-10-17/h4-12,19H,13-16H2,1-3H3,(H,22,26). The Balaban J connectivity index is 1.77. The van der Waals surface area contributed by atoms with Gasteiger partial charge in [-0.2, -0.15) is 0 Å². The van der Waals surface area contributed by atoms with Crippen LogP contribution in [0.25, 0.3) is 0 Å². The van der Waals surface area contributed by atoms with Crippen molar-refractivity contribution in [1.82, 2.24) is 19.4 Å². The van der Waals surface area contributed by atoms with Crippen LogP contribution in [0.4, 0.5) is 4.79 Å². The fourth-order valence-electron chi connectivity index (χ4n) is 3.49. The Kier molecular flexibility index (Phi) is 6.56. The molecular formula is C21H28N4O3S. The second kappa shape index (κ2) is 8.94. The third kappa shape index (κ3) is 4.77. The Morgan fingerprint density at radius 3 is 2.41 bits per heavy atom. The molecule has 1 atom stereocenters. The highest BCUT2D eigenvalue weighted by Gasteiger charge is 2.30. The van der Waals surface area contributed by atoms with E-state index in [4.69, 9.17) is 0 Å². The minimum Gasteiger partial charge on any atom is -0.334 e. The molecule has 8 heteroatoms. The van der Waals surface area contributed by atoms with Crippen LogP contribution in [0.1, 0.15) is 17.2 Å². The van der Waals surface area contributed by atoms with Gasteiger partial charge in [0.2, 0.25) is 10.0 Å². The number of nitrogens with one attached hydrogen (secondary N) is 1. The molecule has 0 aliphatic carbocycles. The maximum atomic E-state index is 13.0. The smallest absolute Gasteiger partial charge is 0.318 e. The van der Waals surface area contributed by atoms with Crippen molar-refractivity contribution in [1.29, 1.82) is 0 Å². The quantitative estimate of drug-likeness (QED) is 0.811. The zero-order valence-corrected chi connectivity index (χ0v) is 17.9. The van der Waals surface area contributed by atoms with Crippen molar-refractivity contribution in [3.05, 3.63) is 65.7 Å². The monoisotopic (exact) mass is 416 g/mol. The van der Waals surface area contributed by atoms with Gasteiger partial charge in [0.05, 0.1) is 10.9 Å². The fraction of sp³-hybridized carbons (Fsp3) is 0.381. The largest absolute Gasteiger partial charge is 0.334 e. The Labute approximate surface area is 173 Å². The Bertz CT molecular complexity index is 947. The van der Waals surface area contributed by atoms with Crippen LogP contribution < -0.4 is 5.32 Å². The molecule has 2 aromatic rings. The van der Waals surface area contributed by atoms with Crippen LogP contribution in [-0.2, 0) is 16.6 Å². The first kappa shape index (κ1) is 21.3. The predicted molar refractivity (Wildman–Crippen MR) is 113 cm³/mol. The van der Waals surface area contributed by atoms with Gasteiger partial charge in [-0.15, -0.1) is 0 Å². The third-order valence-electron chi connectivity index (χ3n) is 5.19. The van der Waals surface area contributed by atoms with E-state index in [9.17, 15) is 13.2 Å². The van der Waals surface area contributed by atoms with Gasteiger partial charge in [0.25, 0.3) is 0 Å². The van der Waals surface area contributed by atoms with Gasteiger partial charge in [0.15, 0.2) is 0 Å². The SMILES string of the molecule is CN1CCN(C(=O)NCc2ccccc2S(=O)(=O)N(C)C)C(c2ccccc2)C1. The van der Waals surface area contributed by atoms with Crippen molar-refractivity contribution in [2.45, 2.75) is 17.5 Å². The van der Waals surface area contributed by atoms with Crippen LogP contribution in [0.3, 0.4) is 0 Å². The number of carbonyl (C=O) groups excluding carboxylic acids is 1. The molecule has 0 saturated carbocycles. The van der Waals surface area contributed by atoms with Crippen LogP contribution in [0.15, 0.2) is 59.5 Å². The van der Waals surface area contributed by atoms with E-state index in [1.54, 1.807) is 24.3 Å². The van der Waals surface area contributed by atoms with Crippen molar-refractivity contribution in [3.8, 4) is 0 Å².